The molecule has 1 heterocycles. The molecule has 1 saturated carbocycles. The second kappa shape index (κ2) is 5.83. The van der Waals surface area contributed by atoms with Crippen molar-refractivity contribution in [1.29, 1.82) is 0 Å². The van der Waals surface area contributed by atoms with E-state index in [9.17, 15) is 4.39 Å². The summed E-state index contributed by atoms with van der Waals surface area (Å²) < 4.78 is 12.6. The van der Waals surface area contributed by atoms with Gasteiger partial charge in [-0.05, 0) is 30.9 Å². The summed E-state index contributed by atoms with van der Waals surface area (Å²) in [7, 11) is 0. The molecule has 1 N–H and O–H groups in total. The van der Waals surface area contributed by atoms with E-state index in [2.05, 4.69) is 10.3 Å². The minimum absolute atomic E-state index is 0.281. The number of hydrogen-bond donors (Lipinski definition) is 1. The number of aromatic nitrogens is 1. The number of anilines is 1. The maximum absolute atomic E-state index is 12.6. The van der Waals surface area contributed by atoms with Crippen LogP contribution in [0.5, 0.6) is 0 Å². The summed E-state index contributed by atoms with van der Waals surface area (Å²) in [5.74, 6) is 1.44. The molecule has 0 aliphatic heterocycles. The maximum Gasteiger partial charge on any atom is 0.141 e. The van der Waals surface area contributed by atoms with Crippen molar-refractivity contribution in [2.24, 2.45) is 5.92 Å². The van der Waals surface area contributed by atoms with Crippen molar-refractivity contribution in [2.75, 3.05) is 11.9 Å². The molecule has 1 aromatic rings. The number of nitrogens with zero attached hydrogens (tertiary/aromatic N) is 1. The Morgan fingerprint density at radius 1 is 1.31 bits per heavy atom. The van der Waals surface area contributed by atoms with Crippen LogP contribution in [0.1, 0.15) is 38.5 Å². The summed E-state index contributed by atoms with van der Waals surface area (Å²) in [6.07, 6.45) is 9.40. The molecular weight excluding hydrogens is 203 g/mol. The Hall–Kier alpha value is -1.12. The molecule has 1 aromatic heterocycles. The lowest BCUT2D eigenvalue weighted by Crippen LogP contribution is -2.05. The van der Waals surface area contributed by atoms with Gasteiger partial charge in [0.05, 0.1) is 6.20 Å². The minimum atomic E-state index is -0.281. The number of hydrogen-bond acceptors (Lipinski definition) is 2. The van der Waals surface area contributed by atoms with Gasteiger partial charge < -0.3 is 5.32 Å². The van der Waals surface area contributed by atoms with E-state index in [4.69, 9.17) is 0 Å². The number of pyridine rings is 1. The van der Waals surface area contributed by atoms with Crippen LogP contribution >= 0.6 is 0 Å². The summed E-state index contributed by atoms with van der Waals surface area (Å²) in [4.78, 5) is 3.96. The van der Waals surface area contributed by atoms with Gasteiger partial charge in [0.2, 0.25) is 0 Å². The van der Waals surface area contributed by atoms with Crippen molar-refractivity contribution in [3.8, 4) is 0 Å². The fourth-order valence-electron chi connectivity index (χ4n) is 2.39. The van der Waals surface area contributed by atoms with Crippen molar-refractivity contribution in [2.45, 2.75) is 38.5 Å². The molecule has 0 unspecified atom stereocenters. The molecule has 0 aromatic carbocycles. The lowest BCUT2D eigenvalue weighted by Gasteiger charge is -2.09. The average molecular weight is 222 g/mol. The average Bonchev–Trinajstić information content (AvgIpc) is 2.80. The third-order valence-corrected chi connectivity index (χ3v) is 3.30. The van der Waals surface area contributed by atoms with Crippen LogP contribution in [-0.4, -0.2) is 11.5 Å². The molecule has 2 nitrogen and oxygen atoms in total. The van der Waals surface area contributed by atoms with Crippen molar-refractivity contribution >= 4 is 5.82 Å². The highest BCUT2D eigenvalue weighted by Gasteiger charge is 2.13. The van der Waals surface area contributed by atoms with Crippen molar-refractivity contribution in [1.82, 2.24) is 4.98 Å². The van der Waals surface area contributed by atoms with Gasteiger partial charge in [-0.3, -0.25) is 0 Å². The second-order valence-electron chi connectivity index (χ2n) is 4.58. The Morgan fingerprint density at radius 2 is 2.12 bits per heavy atom. The summed E-state index contributed by atoms with van der Waals surface area (Å²) in [6, 6.07) is 3.12. The zero-order valence-corrected chi connectivity index (χ0v) is 9.58. The van der Waals surface area contributed by atoms with Gasteiger partial charge >= 0.3 is 0 Å². The zero-order chi connectivity index (χ0) is 11.2. The fraction of sp³-hybridized carbons (Fsp3) is 0.615. The van der Waals surface area contributed by atoms with Crippen LogP contribution in [0.4, 0.5) is 10.2 Å². The van der Waals surface area contributed by atoms with Gasteiger partial charge in [0.15, 0.2) is 0 Å². The van der Waals surface area contributed by atoms with Gasteiger partial charge in [-0.2, -0.15) is 0 Å². The highest BCUT2D eigenvalue weighted by atomic mass is 19.1. The van der Waals surface area contributed by atoms with E-state index in [1.807, 2.05) is 0 Å². The van der Waals surface area contributed by atoms with E-state index in [1.165, 1.54) is 50.8 Å². The second-order valence-corrected chi connectivity index (χ2v) is 4.58. The molecule has 0 spiro atoms. The van der Waals surface area contributed by atoms with E-state index < -0.39 is 0 Å². The highest BCUT2D eigenvalue weighted by molar-refractivity contribution is 5.33. The van der Waals surface area contributed by atoms with Crippen molar-refractivity contribution in [3.63, 3.8) is 0 Å². The molecule has 0 radical (unpaired) electrons. The molecule has 16 heavy (non-hydrogen) atoms. The monoisotopic (exact) mass is 222 g/mol. The summed E-state index contributed by atoms with van der Waals surface area (Å²) in [5.41, 5.74) is 0. The Kier molecular flexibility index (Phi) is 4.14. The topological polar surface area (TPSA) is 24.9 Å². The molecule has 3 heteroatoms. The Bertz CT molecular complexity index is 304. The quantitative estimate of drug-likeness (QED) is 0.770. The van der Waals surface area contributed by atoms with Gasteiger partial charge in [0.25, 0.3) is 0 Å². The van der Waals surface area contributed by atoms with E-state index in [-0.39, 0.29) is 5.82 Å². The first-order valence-corrected chi connectivity index (χ1v) is 6.20. The van der Waals surface area contributed by atoms with Crippen LogP contribution in [0.3, 0.4) is 0 Å². The van der Waals surface area contributed by atoms with Crippen LogP contribution in [0.2, 0.25) is 0 Å². The van der Waals surface area contributed by atoms with Crippen LogP contribution in [-0.2, 0) is 0 Å². The van der Waals surface area contributed by atoms with E-state index in [0.717, 1.165) is 18.3 Å². The van der Waals surface area contributed by atoms with E-state index >= 15 is 0 Å². The number of halogens is 1. The predicted molar refractivity (Wildman–Crippen MR) is 63.9 cm³/mol. The summed E-state index contributed by atoms with van der Waals surface area (Å²) >= 11 is 0. The standard InChI is InChI=1S/C13H19FN2/c14-12-7-8-13(16-10-12)15-9-3-6-11-4-1-2-5-11/h7-8,10-11H,1-6,9H2,(H,15,16). The first kappa shape index (κ1) is 11.4. The molecule has 0 amide bonds. The van der Waals surface area contributed by atoms with Crippen molar-refractivity contribution < 1.29 is 4.39 Å². The van der Waals surface area contributed by atoms with E-state index in [0.29, 0.717) is 0 Å². The summed E-state index contributed by atoms with van der Waals surface area (Å²) in [5, 5.41) is 3.22. The first-order chi connectivity index (χ1) is 7.84. The van der Waals surface area contributed by atoms with Gasteiger partial charge in [-0.15, -0.1) is 0 Å². The normalized spacial score (nSPS) is 16.6. The number of rotatable bonds is 5. The fourth-order valence-corrected chi connectivity index (χ4v) is 2.39. The molecule has 2 rings (SSSR count). The Labute approximate surface area is 96.3 Å². The minimum Gasteiger partial charge on any atom is -0.370 e. The molecule has 0 saturated heterocycles. The van der Waals surface area contributed by atoms with Crippen LogP contribution in [0.25, 0.3) is 0 Å². The van der Waals surface area contributed by atoms with Gasteiger partial charge in [0.1, 0.15) is 11.6 Å². The van der Waals surface area contributed by atoms with Gasteiger partial charge in [-0.25, -0.2) is 9.37 Å². The molecule has 1 aliphatic rings. The maximum atomic E-state index is 12.6. The lowest BCUT2D eigenvalue weighted by molar-refractivity contribution is 0.491. The van der Waals surface area contributed by atoms with Crippen molar-refractivity contribution in [3.05, 3.63) is 24.1 Å². The highest BCUT2D eigenvalue weighted by Crippen LogP contribution is 2.28. The van der Waals surface area contributed by atoms with Crippen LogP contribution in [0.15, 0.2) is 18.3 Å². The largest absolute Gasteiger partial charge is 0.370 e. The molecule has 0 atom stereocenters. The Morgan fingerprint density at radius 3 is 2.81 bits per heavy atom. The predicted octanol–water partition coefficient (Wildman–Crippen LogP) is 3.60. The zero-order valence-electron chi connectivity index (χ0n) is 9.58. The lowest BCUT2D eigenvalue weighted by atomic mass is 10.0. The summed E-state index contributed by atoms with van der Waals surface area (Å²) in [6.45, 7) is 0.940. The van der Waals surface area contributed by atoms with Gasteiger partial charge in [0, 0.05) is 6.54 Å². The molecule has 1 aliphatic carbocycles. The molecular formula is C13H19FN2. The SMILES string of the molecule is Fc1ccc(NCCCC2CCCC2)nc1. The van der Waals surface area contributed by atoms with Crippen LogP contribution < -0.4 is 5.32 Å². The Balaban J connectivity index is 1.62. The molecule has 0 bridgehead atoms. The van der Waals surface area contributed by atoms with Gasteiger partial charge in [-0.1, -0.05) is 25.7 Å². The molecule has 88 valence electrons. The number of nitrogens with one attached hydrogen (secondary N) is 1. The van der Waals surface area contributed by atoms with E-state index in [1.54, 1.807) is 6.07 Å². The molecule has 1 fully saturated rings. The smallest absolute Gasteiger partial charge is 0.141 e. The first-order valence-electron chi connectivity index (χ1n) is 6.20. The van der Waals surface area contributed by atoms with Crippen LogP contribution in [0, 0.1) is 11.7 Å². The third kappa shape index (κ3) is 3.47. The third-order valence-electron chi connectivity index (χ3n) is 3.30.